The topological polar surface area (TPSA) is 262 Å². The number of urea groups is 1. The number of guanidine groups is 1. The number of aromatic nitrogens is 2. The van der Waals surface area contributed by atoms with Crippen LogP contribution in [-0.2, 0) is 9.59 Å². The van der Waals surface area contributed by atoms with Crippen LogP contribution < -0.4 is 33.2 Å². The number of nitrogens with one attached hydrogen (secondary N) is 2. The molecule has 0 saturated carbocycles. The maximum absolute atomic E-state index is 12.9. The molecule has 15 nitrogen and oxygen atoms in total. The Balaban J connectivity index is 1.68. The van der Waals surface area contributed by atoms with Crippen molar-refractivity contribution in [3.05, 3.63) is 47.7 Å². The zero-order valence-corrected chi connectivity index (χ0v) is 20.5. The number of carbonyl (C=O) groups excluding carboxylic acids is 1. The summed E-state index contributed by atoms with van der Waals surface area (Å²) in [5.74, 6) is -2.17. The van der Waals surface area contributed by atoms with E-state index in [1.165, 1.54) is 0 Å². The monoisotopic (exact) mass is 530 g/mol. The molecule has 0 bridgehead atoms. The van der Waals surface area contributed by atoms with Gasteiger partial charge in [0.1, 0.15) is 24.0 Å². The first-order valence-corrected chi connectivity index (χ1v) is 11.9. The summed E-state index contributed by atoms with van der Waals surface area (Å²) >= 11 is 0. The largest absolute Gasteiger partial charge is 0.481 e. The molecule has 1 aliphatic heterocycles. The Labute approximate surface area is 217 Å². The van der Waals surface area contributed by atoms with Gasteiger partial charge in [0.15, 0.2) is 11.8 Å². The van der Waals surface area contributed by atoms with Gasteiger partial charge in [0.05, 0.1) is 6.04 Å². The molecule has 2 amide bonds. The van der Waals surface area contributed by atoms with Gasteiger partial charge in [-0.15, -0.1) is 0 Å². The van der Waals surface area contributed by atoms with Gasteiger partial charge in [-0.2, -0.15) is 4.98 Å². The van der Waals surface area contributed by atoms with E-state index in [9.17, 15) is 19.5 Å². The number of nitrogens with zero attached hydrogens (tertiary/aromatic N) is 3. The molecule has 2 aromatic rings. The molecule has 38 heavy (non-hydrogen) atoms. The Morgan fingerprint density at radius 2 is 1.89 bits per heavy atom. The van der Waals surface area contributed by atoms with Crippen molar-refractivity contribution >= 4 is 35.2 Å². The summed E-state index contributed by atoms with van der Waals surface area (Å²) in [6, 6.07) is 4.02. The van der Waals surface area contributed by atoms with Gasteiger partial charge in [-0.25, -0.2) is 9.59 Å². The van der Waals surface area contributed by atoms with E-state index in [2.05, 4.69) is 25.8 Å². The lowest BCUT2D eigenvalue weighted by Gasteiger charge is -2.19. The Kier molecular flexibility index (Phi) is 9.72. The fraction of sp³-hybridized carbons (Fsp3) is 0.391. The molecule has 204 valence electrons. The zero-order valence-electron chi connectivity index (χ0n) is 20.5. The van der Waals surface area contributed by atoms with Crippen molar-refractivity contribution in [3.63, 3.8) is 0 Å². The van der Waals surface area contributed by atoms with E-state index in [0.717, 1.165) is 16.8 Å². The van der Waals surface area contributed by atoms with E-state index < -0.39 is 36.1 Å². The van der Waals surface area contributed by atoms with Gasteiger partial charge in [-0.1, -0.05) is 17.3 Å². The molecule has 0 saturated heterocycles. The van der Waals surface area contributed by atoms with E-state index in [0.29, 0.717) is 6.42 Å². The van der Waals surface area contributed by atoms with E-state index in [1.807, 2.05) is 35.8 Å². The smallest absolute Gasteiger partial charge is 0.326 e. The molecular weight excluding hydrogens is 498 g/mol. The Morgan fingerprint density at radius 3 is 2.61 bits per heavy atom. The zero-order chi connectivity index (χ0) is 27.7. The number of aliphatic carboxylic acids is 2. The number of carboxylic acid groups (broad SMARTS) is 2. The number of carbonyl (C=O) groups is 3. The molecule has 0 fully saturated rings. The summed E-state index contributed by atoms with van der Waals surface area (Å²) in [7, 11) is 0. The Morgan fingerprint density at radius 1 is 1.13 bits per heavy atom. The number of carboxylic acids is 2. The molecule has 1 aromatic carbocycles. The second kappa shape index (κ2) is 13.2. The first-order valence-electron chi connectivity index (χ1n) is 11.9. The SMILES string of the molecule is NC(N)=NCCCC(NC(=O)NC(CC1=C[NH2+]c2ccccc21)C(=O)O)c1nc(C(N)CCC(=O)O)no1. The highest BCUT2D eigenvalue weighted by Crippen LogP contribution is 2.27. The molecule has 15 heteroatoms. The average Bonchev–Trinajstić information content (AvgIpc) is 3.52. The van der Waals surface area contributed by atoms with Crippen LogP contribution in [0, 0.1) is 0 Å². The van der Waals surface area contributed by atoms with E-state index in [-0.39, 0.29) is 49.9 Å². The number of benzene rings is 1. The third-order valence-electron chi connectivity index (χ3n) is 5.81. The minimum Gasteiger partial charge on any atom is -0.481 e. The fourth-order valence-corrected chi connectivity index (χ4v) is 3.88. The van der Waals surface area contributed by atoms with E-state index >= 15 is 0 Å². The number of para-hydroxylation sites is 1. The van der Waals surface area contributed by atoms with Gasteiger partial charge in [0.25, 0.3) is 0 Å². The summed E-state index contributed by atoms with van der Waals surface area (Å²) in [5.41, 5.74) is 19.4. The van der Waals surface area contributed by atoms with Crippen molar-refractivity contribution in [2.45, 2.75) is 50.2 Å². The fourth-order valence-electron chi connectivity index (χ4n) is 3.88. The molecular formula is C23H32N9O6+. The molecule has 1 aromatic heterocycles. The van der Waals surface area contributed by atoms with Gasteiger partial charge < -0.3 is 42.6 Å². The van der Waals surface area contributed by atoms with Gasteiger partial charge >= 0.3 is 18.0 Å². The normalized spacial score (nSPS) is 14.5. The maximum atomic E-state index is 12.9. The minimum absolute atomic E-state index is 0.0273. The Bertz CT molecular complexity index is 1210. The first kappa shape index (κ1) is 28.1. The lowest BCUT2D eigenvalue weighted by molar-refractivity contribution is -0.491. The van der Waals surface area contributed by atoms with E-state index in [1.54, 1.807) is 0 Å². The van der Waals surface area contributed by atoms with Crippen LogP contribution in [0.5, 0.6) is 0 Å². The highest BCUT2D eigenvalue weighted by Gasteiger charge is 2.29. The number of hydrogen-bond donors (Lipinski definition) is 8. The van der Waals surface area contributed by atoms with Crippen LogP contribution in [-0.4, -0.2) is 56.9 Å². The van der Waals surface area contributed by atoms with Gasteiger partial charge in [-0.05, 0) is 25.3 Å². The minimum atomic E-state index is -1.20. The van der Waals surface area contributed by atoms with Crippen LogP contribution >= 0.6 is 0 Å². The van der Waals surface area contributed by atoms with Crippen molar-refractivity contribution in [1.82, 2.24) is 20.8 Å². The van der Waals surface area contributed by atoms with Gasteiger partial charge in [0, 0.05) is 36.6 Å². The first-order chi connectivity index (χ1) is 18.1. The predicted octanol–water partition coefficient (Wildman–Crippen LogP) is -0.579. The second-order valence-corrected chi connectivity index (χ2v) is 8.69. The lowest BCUT2D eigenvalue weighted by Crippen LogP contribution is -2.69. The Hall–Kier alpha value is -4.50. The number of fused-ring (bicyclic) bond motifs is 1. The van der Waals surface area contributed by atoms with Crippen LogP contribution in [0.15, 0.2) is 40.0 Å². The average molecular weight is 531 g/mol. The molecule has 3 unspecified atom stereocenters. The number of nitrogens with two attached hydrogens (primary N) is 4. The van der Waals surface area contributed by atoms with Gasteiger partial charge in [-0.3, -0.25) is 15.1 Å². The summed E-state index contributed by atoms with van der Waals surface area (Å²) in [4.78, 5) is 43.7. The number of rotatable bonds is 14. The predicted molar refractivity (Wildman–Crippen MR) is 134 cm³/mol. The molecule has 2 heterocycles. The quantitative estimate of drug-likeness (QED) is 0.0662. The summed E-state index contributed by atoms with van der Waals surface area (Å²) in [5, 5.41) is 29.5. The van der Waals surface area contributed by atoms with Gasteiger partial charge in [0.2, 0.25) is 5.89 Å². The van der Waals surface area contributed by atoms with Crippen molar-refractivity contribution in [3.8, 4) is 0 Å². The van der Waals surface area contributed by atoms with Crippen LogP contribution in [0.25, 0.3) is 5.57 Å². The third-order valence-corrected chi connectivity index (χ3v) is 5.81. The lowest BCUT2D eigenvalue weighted by atomic mass is 10.00. The molecule has 0 aliphatic carbocycles. The highest BCUT2D eigenvalue weighted by atomic mass is 16.5. The molecule has 12 N–H and O–H groups in total. The third kappa shape index (κ3) is 8.01. The number of amides is 2. The molecule has 3 atom stereocenters. The van der Waals surface area contributed by atoms with Crippen molar-refractivity contribution in [1.29, 1.82) is 0 Å². The van der Waals surface area contributed by atoms with Crippen molar-refractivity contribution in [2.24, 2.45) is 22.2 Å². The number of aliphatic imine (C=N–C) groups is 1. The van der Waals surface area contributed by atoms with Crippen LogP contribution in [0.2, 0.25) is 0 Å². The van der Waals surface area contributed by atoms with Crippen LogP contribution in [0.3, 0.4) is 0 Å². The molecule has 3 rings (SSSR count). The summed E-state index contributed by atoms with van der Waals surface area (Å²) < 4.78 is 5.29. The highest BCUT2D eigenvalue weighted by molar-refractivity contribution is 5.86. The molecule has 0 radical (unpaired) electrons. The summed E-state index contributed by atoms with van der Waals surface area (Å²) in [6.45, 7) is 0.267. The van der Waals surface area contributed by atoms with Crippen LogP contribution in [0.1, 0.15) is 61.5 Å². The standard InChI is InChI=1S/C23H31N9O6/c24-14(7-8-18(33)34)19-31-20(38-32-19)16(6-3-9-27-22(25)26)29-23(37)30-17(21(35)36)10-12-11-28-15-5-2-1-4-13(12)15/h1-2,4-5,11,14,16-17,28H,3,6-10,24H2,(H,33,34)(H,35,36)(H4,25,26,27)(H2,29,30,37)/p+1. The number of hydrogen-bond acceptors (Lipinski definition) is 8. The molecule has 0 spiro atoms. The van der Waals surface area contributed by atoms with E-state index in [4.69, 9.17) is 26.8 Å². The number of quaternary nitrogens is 1. The van der Waals surface area contributed by atoms with Crippen molar-refractivity contribution < 1.29 is 34.4 Å². The summed E-state index contributed by atoms with van der Waals surface area (Å²) in [6.07, 6.45) is 2.53. The van der Waals surface area contributed by atoms with Crippen molar-refractivity contribution in [2.75, 3.05) is 6.54 Å². The maximum Gasteiger partial charge on any atom is 0.326 e. The second-order valence-electron chi connectivity index (χ2n) is 8.69. The molecule has 1 aliphatic rings. The van der Waals surface area contributed by atoms with Crippen LogP contribution in [0.4, 0.5) is 10.5 Å².